The van der Waals surface area contributed by atoms with E-state index in [1.54, 1.807) is 0 Å². The molecule has 16 heavy (non-hydrogen) atoms. The van der Waals surface area contributed by atoms with Crippen LogP contribution in [0.25, 0.3) is 0 Å². The molecule has 0 aromatic heterocycles. The molecule has 90 valence electrons. The normalized spacial score (nSPS) is 12.8. The molecular formula is C13H19Cl2N. The number of aryl methyl sites for hydroxylation is 1. The summed E-state index contributed by atoms with van der Waals surface area (Å²) in [6, 6.07) is 6.45. The SMILES string of the molecule is CCC(CCCc1cccc(Cl)c1Cl)NC. The maximum atomic E-state index is 6.13. The van der Waals surface area contributed by atoms with E-state index in [0.717, 1.165) is 18.4 Å². The van der Waals surface area contributed by atoms with Gasteiger partial charge >= 0.3 is 0 Å². The van der Waals surface area contributed by atoms with E-state index < -0.39 is 0 Å². The lowest BCUT2D eigenvalue weighted by molar-refractivity contribution is 0.492. The zero-order valence-electron chi connectivity index (χ0n) is 9.89. The lowest BCUT2D eigenvalue weighted by Gasteiger charge is -2.13. The topological polar surface area (TPSA) is 12.0 Å². The van der Waals surface area contributed by atoms with Gasteiger partial charge in [0.15, 0.2) is 0 Å². The largest absolute Gasteiger partial charge is 0.317 e. The number of hydrogen-bond acceptors (Lipinski definition) is 1. The van der Waals surface area contributed by atoms with Crippen LogP contribution in [0.1, 0.15) is 31.7 Å². The predicted octanol–water partition coefficient (Wildman–Crippen LogP) is 4.31. The number of hydrogen-bond donors (Lipinski definition) is 1. The number of rotatable bonds is 6. The second kappa shape index (κ2) is 7.16. The van der Waals surface area contributed by atoms with Crippen LogP contribution in [-0.4, -0.2) is 13.1 Å². The van der Waals surface area contributed by atoms with Crippen molar-refractivity contribution in [3.63, 3.8) is 0 Å². The van der Waals surface area contributed by atoms with Crippen molar-refractivity contribution in [1.82, 2.24) is 5.32 Å². The summed E-state index contributed by atoms with van der Waals surface area (Å²) in [6.45, 7) is 2.20. The van der Waals surface area contributed by atoms with Crippen molar-refractivity contribution in [1.29, 1.82) is 0 Å². The Morgan fingerprint density at radius 3 is 2.69 bits per heavy atom. The second-order valence-corrected chi connectivity index (χ2v) is 4.78. The van der Waals surface area contributed by atoms with Crippen LogP contribution in [0.3, 0.4) is 0 Å². The minimum Gasteiger partial charge on any atom is -0.317 e. The lowest BCUT2D eigenvalue weighted by Crippen LogP contribution is -2.23. The fourth-order valence-electron chi connectivity index (χ4n) is 1.83. The highest BCUT2D eigenvalue weighted by Gasteiger charge is 2.06. The third-order valence-electron chi connectivity index (χ3n) is 2.93. The third-order valence-corrected chi connectivity index (χ3v) is 3.79. The van der Waals surface area contributed by atoms with Crippen molar-refractivity contribution < 1.29 is 0 Å². The van der Waals surface area contributed by atoms with Gasteiger partial charge in [-0.2, -0.15) is 0 Å². The van der Waals surface area contributed by atoms with Crippen molar-refractivity contribution in [2.24, 2.45) is 0 Å². The lowest BCUT2D eigenvalue weighted by atomic mass is 10.0. The molecule has 0 fully saturated rings. The minimum atomic E-state index is 0.609. The molecule has 1 aromatic carbocycles. The standard InChI is InChI=1S/C13H19Cl2N/c1-3-11(16-2)8-4-6-10-7-5-9-12(14)13(10)15/h5,7,9,11,16H,3-4,6,8H2,1-2H3. The van der Waals surface area contributed by atoms with Crippen LogP contribution < -0.4 is 5.32 Å². The van der Waals surface area contributed by atoms with E-state index in [1.165, 1.54) is 12.8 Å². The first-order valence-electron chi connectivity index (χ1n) is 5.79. The van der Waals surface area contributed by atoms with Crippen LogP contribution in [-0.2, 0) is 6.42 Å². The fraction of sp³-hybridized carbons (Fsp3) is 0.538. The molecule has 0 aliphatic rings. The molecule has 1 aromatic rings. The number of nitrogens with one attached hydrogen (secondary N) is 1. The van der Waals surface area contributed by atoms with Crippen LogP contribution in [0.15, 0.2) is 18.2 Å². The molecule has 1 N–H and O–H groups in total. The van der Waals surface area contributed by atoms with Crippen LogP contribution in [0.5, 0.6) is 0 Å². The van der Waals surface area contributed by atoms with Gasteiger partial charge in [0.1, 0.15) is 0 Å². The van der Waals surface area contributed by atoms with E-state index in [1.807, 2.05) is 19.2 Å². The van der Waals surface area contributed by atoms with E-state index in [0.29, 0.717) is 16.1 Å². The third kappa shape index (κ3) is 3.97. The molecule has 1 atom stereocenters. The van der Waals surface area contributed by atoms with Crippen LogP contribution in [0, 0.1) is 0 Å². The Kier molecular flexibility index (Phi) is 6.18. The van der Waals surface area contributed by atoms with Crippen molar-refractivity contribution in [3.8, 4) is 0 Å². The summed E-state index contributed by atoms with van der Waals surface area (Å²) in [5.41, 5.74) is 1.15. The van der Waals surface area contributed by atoms with Crippen molar-refractivity contribution in [2.75, 3.05) is 7.05 Å². The Morgan fingerprint density at radius 1 is 1.31 bits per heavy atom. The molecular weight excluding hydrogens is 241 g/mol. The van der Waals surface area contributed by atoms with E-state index in [4.69, 9.17) is 23.2 Å². The molecule has 0 radical (unpaired) electrons. The highest BCUT2D eigenvalue weighted by molar-refractivity contribution is 6.42. The summed E-state index contributed by atoms with van der Waals surface area (Å²) >= 11 is 12.1. The molecule has 0 saturated carbocycles. The Balaban J connectivity index is 2.46. The van der Waals surface area contributed by atoms with Gasteiger partial charge in [0.05, 0.1) is 10.0 Å². The first kappa shape index (κ1) is 13.8. The van der Waals surface area contributed by atoms with Gasteiger partial charge in [-0.25, -0.2) is 0 Å². The van der Waals surface area contributed by atoms with Crippen molar-refractivity contribution in [2.45, 2.75) is 38.6 Å². The Hall–Kier alpha value is -0.240. The molecule has 0 aliphatic heterocycles. The summed E-state index contributed by atoms with van der Waals surface area (Å²) in [6.07, 6.45) is 4.48. The Bertz CT molecular complexity index is 322. The molecule has 1 rings (SSSR count). The molecule has 0 heterocycles. The van der Waals surface area contributed by atoms with Gasteiger partial charge in [0.2, 0.25) is 0 Å². The minimum absolute atomic E-state index is 0.609. The summed E-state index contributed by atoms with van der Waals surface area (Å²) in [5, 5.41) is 4.67. The highest BCUT2D eigenvalue weighted by atomic mass is 35.5. The predicted molar refractivity (Wildman–Crippen MR) is 72.5 cm³/mol. The van der Waals surface area contributed by atoms with Crippen LogP contribution >= 0.6 is 23.2 Å². The van der Waals surface area contributed by atoms with E-state index >= 15 is 0 Å². The van der Waals surface area contributed by atoms with E-state index in [-0.39, 0.29) is 0 Å². The van der Waals surface area contributed by atoms with E-state index in [2.05, 4.69) is 18.3 Å². The summed E-state index contributed by atoms with van der Waals surface area (Å²) < 4.78 is 0. The van der Waals surface area contributed by atoms with Crippen LogP contribution in [0.2, 0.25) is 10.0 Å². The molecule has 1 unspecified atom stereocenters. The Morgan fingerprint density at radius 2 is 2.06 bits per heavy atom. The molecule has 0 bridgehead atoms. The van der Waals surface area contributed by atoms with Gasteiger partial charge in [-0.15, -0.1) is 0 Å². The first-order chi connectivity index (χ1) is 7.69. The summed E-state index contributed by atoms with van der Waals surface area (Å²) in [7, 11) is 2.01. The smallest absolute Gasteiger partial charge is 0.0624 e. The molecule has 1 nitrogen and oxygen atoms in total. The van der Waals surface area contributed by atoms with Crippen molar-refractivity contribution >= 4 is 23.2 Å². The Labute approximate surface area is 108 Å². The van der Waals surface area contributed by atoms with E-state index in [9.17, 15) is 0 Å². The monoisotopic (exact) mass is 259 g/mol. The maximum absolute atomic E-state index is 6.13. The van der Waals surface area contributed by atoms with Crippen molar-refractivity contribution in [3.05, 3.63) is 33.8 Å². The van der Waals surface area contributed by atoms with Gasteiger partial charge in [0.25, 0.3) is 0 Å². The number of halogens is 2. The summed E-state index contributed by atoms with van der Waals surface area (Å²) in [5.74, 6) is 0. The van der Waals surface area contributed by atoms with Gasteiger partial charge in [-0.1, -0.05) is 42.3 Å². The zero-order chi connectivity index (χ0) is 12.0. The van der Waals surface area contributed by atoms with Gasteiger partial charge in [-0.05, 0) is 44.4 Å². The second-order valence-electron chi connectivity index (χ2n) is 4.00. The molecule has 0 saturated heterocycles. The van der Waals surface area contributed by atoms with Gasteiger partial charge in [-0.3, -0.25) is 0 Å². The molecule has 3 heteroatoms. The molecule has 0 spiro atoms. The quantitative estimate of drug-likeness (QED) is 0.803. The molecule has 0 amide bonds. The van der Waals surface area contributed by atoms with Gasteiger partial charge in [0, 0.05) is 6.04 Å². The average molecular weight is 260 g/mol. The number of benzene rings is 1. The summed E-state index contributed by atoms with van der Waals surface area (Å²) in [4.78, 5) is 0. The maximum Gasteiger partial charge on any atom is 0.0624 e. The molecule has 0 aliphatic carbocycles. The zero-order valence-corrected chi connectivity index (χ0v) is 11.4. The average Bonchev–Trinajstić information content (AvgIpc) is 2.30. The van der Waals surface area contributed by atoms with Gasteiger partial charge < -0.3 is 5.32 Å². The fourth-order valence-corrected chi connectivity index (χ4v) is 2.25. The first-order valence-corrected chi connectivity index (χ1v) is 6.54. The highest BCUT2D eigenvalue weighted by Crippen LogP contribution is 2.26. The van der Waals surface area contributed by atoms with Crippen LogP contribution in [0.4, 0.5) is 0 Å².